The van der Waals surface area contributed by atoms with E-state index in [1.165, 1.54) is 13.1 Å². The fourth-order valence-corrected chi connectivity index (χ4v) is 4.13. The van der Waals surface area contributed by atoms with Crippen molar-refractivity contribution in [3.63, 3.8) is 0 Å². The predicted molar refractivity (Wildman–Crippen MR) is 120 cm³/mol. The maximum absolute atomic E-state index is 13.0. The number of amides is 1. The number of nitrogens with one attached hydrogen (secondary N) is 1. The Morgan fingerprint density at radius 1 is 1.06 bits per heavy atom. The van der Waals surface area contributed by atoms with Gasteiger partial charge in [0.05, 0.1) is 36.7 Å². The molecule has 1 aliphatic rings. The highest BCUT2D eigenvalue weighted by atomic mass is 32.2. The summed E-state index contributed by atoms with van der Waals surface area (Å²) < 4.78 is 40.9. The average Bonchev–Trinajstić information content (AvgIpc) is 2.72. The van der Waals surface area contributed by atoms with E-state index in [9.17, 15) is 13.2 Å². The van der Waals surface area contributed by atoms with Gasteiger partial charge in [0.2, 0.25) is 0 Å². The molecule has 1 heterocycles. The largest absolute Gasteiger partial charge is 0.494 e. The number of nitrogens with zero attached hydrogens (tertiary/aromatic N) is 2. The van der Waals surface area contributed by atoms with Gasteiger partial charge in [-0.15, -0.1) is 4.40 Å². The number of carbonyl (C=O) groups is 1. The van der Waals surface area contributed by atoms with Gasteiger partial charge < -0.3 is 14.8 Å². The van der Waals surface area contributed by atoms with Crippen LogP contribution in [0.5, 0.6) is 11.5 Å². The average molecular weight is 444 g/mol. The lowest BCUT2D eigenvalue weighted by atomic mass is 10.1. The topological polar surface area (TPSA) is 97.3 Å². The van der Waals surface area contributed by atoms with Crippen molar-refractivity contribution in [3.8, 4) is 11.5 Å². The Labute approximate surface area is 182 Å². The van der Waals surface area contributed by atoms with Crippen LogP contribution in [-0.4, -0.2) is 37.6 Å². The van der Waals surface area contributed by atoms with Gasteiger partial charge in [0, 0.05) is 12.3 Å². The van der Waals surface area contributed by atoms with E-state index in [-0.39, 0.29) is 17.8 Å². The van der Waals surface area contributed by atoms with E-state index >= 15 is 0 Å². The molecule has 3 rings (SSSR count). The van der Waals surface area contributed by atoms with Crippen molar-refractivity contribution >= 4 is 27.5 Å². The summed E-state index contributed by atoms with van der Waals surface area (Å²) in [5.41, 5.74) is 1.46. The smallest absolute Gasteiger partial charge is 0.344 e. The van der Waals surface area contributed by atoms with Crippen LogP contribution in [-0.2, 0) is 21.5 Å². The predicted octanol–water partition coefficient (Wildman–Crippen LogP) is 3.53. The van der Waals surface area contributed by atoms with Gasteiger partial charge in [-0.25, -0.2) is 0 Å². The quantitative estimate of drug-likeness (QED) is 0.673. The summed E-state index contributed by atoms with van der Waals surface area (Å²) in [5, 5.41) is 2.79. The van der Waals surface area contributed by atoms with Gasteiger partial charge in [-0.2, -0.15) is 8.42 Å². The summed E-state index contributed by atoms with van der Waals surface area (Å²) in [4.78, 5) is 13.0. The van der Waals surface area contributed by atoms with Crippen molar-refractivity contribution < 1.29 is 22.7 Å². The van der Waals surface area contributed by atoms with E-state index in [0.29, 0.717) is 30.4 Å². The highest BCUT2D eigenvalue weighted by Crippen LogP contribution is 2.30. The van der Waals surface area contributed by atoms with Gasteiger partial charge in [0.15, 0.2) is 0 Å². The van der Waals surface area contributed by atoms with Gasteiger partial charge in [-0.05, 0) is 38.5 Å². The lowest BCUT2D eigenvalue weighted by Gasteiger charge is -2.24. The maximum atomic E-state index is 13.0. The van der Waals surface area contributed by atoms with Crippen LogP contribution in [0.3, 0.4) is 0 Å². The molecular weight excluding hydrogens is 418 g/mol. The zero-order valence-corrected chi connectivity index (χ0v) is 18.5. The first-order chi connectivity index (χ1) is 14.8. The lowest BCUT2D eigenvalue weighted by Crippen LogP contribution is -2.32. The van der Waals surface area contributed by atoms with Crippen molar-refractivity contribution in [2.75, 3.05) is 18.5 Å². The number of ether oxygens (including phenoxy) is 2. The van der Waals surface area contributed by atoms with E-state index in [4.69, 9.17) is 9.47 Å². The molecular formula is C22H25N3O5S. The molecule has 0 aliphatic carbocycles. The van der Waals surface area contributed by atoms with Crippen molar-refractivity contribution in [1.82, 2.24) is 4.31 Å². The molecule has 0 saturated heterocycles. The second kappa shape index (κ2) is 9.65. The second-order valence-electron chi connectivity index (χ2n) is 6.71. The molecule has 1 N–H and O–H groups in total. The van der Waals surface area contributed by atoms with Crippen molar-refractivity contribution in [1.29, 1.82) is 0 Å². The molecule has 0 spiro atoms. The maximum Gasteiger partial charge on any atom is 0.344 e. The summed E-state index contributed by atoms with van der Waals surface area (Å²) in [5.74, 6) is 0.570. The van der Waals surface area contributed by atoms with Crippen LogP contribution in [0.2, 0.25) is 0 Å². The minimum atomic E-state index is -3.92. The molecule has 0 fully saturated rings. The van der Waals surface area contributed by atoms with Gasteiger partial charge >= 0.3 is 10.2 Å². The van der Waals surface area contributed by atoms with Crippen molar-refractivity contribution in [2.24, 2.45) is 4.40 Å². The molecule has 0 aromatic heterocycles. The number of carbonyl (C=O) groups excluding carboxylic acids is 1. The molecule has 0 atom stereocenters. The van der Waals surface area contributed by atoms with Crippen LogP contribution in [0.1, 0.15) is 26.3 Å². The second-order valence-corrected chi connectivity index (χ2v) is 8.25. The van der Waals surface area contributed by atoms with Crippen LogP contribution in [0.15, 0.2) is 64.7 Å². The van der Waals surface area contributed by atoms with E-state index in [1.807, 2.05) is 44.2 Å². The molecule has 0 bridgehead atoms. The minimum absolute atomic E-state index is 0.0702. The number of hydrogen-bond donors (Lipinski definition) is 1. The number of benzene rings is 2. The molecule has 0 saturated carbocycles. The Morgan fingerprint density at radius 3 is 2.45 bits per heavy atom. The Hall–Kier alpha value is -3.33. The Bertz CT molecular complexity index is 1110. The van der Waals surface area contributed by atoms with Crippen LogP contribution >= 0.6 is 0 Å². The summed E-state index contributed by atoms with van der Waals surface area (Å²) >= 11 is 0. The number of hydrogen-bond acceptors (Lipinski definition) is 5. The summed E-state index contributed by atoms with van der Waals surface area (Å²) in [6.45, 7) is 6.16. The van der Waals surface area contributed by atoms with Gasteiger partial charge in [-0.3, -0.25) is 9.10 Å². The molecule has 0 unspecified atom stereocenters. The van der Waals surface area contributed by atoms with Crippen molar-refractivity contribution in [2.45, 2.75) is 27.3 Å². The first-order valence-corrected chi connectivity index (χ1v) is 11.3. The first-order valence-electron chi connectivity index (χ1n) is 9.89. The monoisotopic (exact) mass is 443 g/mol. The van der Waals surface area contributed by atoms with Crippen molar-refractivity contribution in [3.05, 3.63) is 65.9 Å². The Morgan fingerprint density at radius 2 is 1.77 bits per heavy atom. The first kappa shape index (κ1) is 22.4. The molecule has 2 aromatic carbocycles. The Kier molecular flexibility index (Phi) is 6.96. The Balaban J connectivity index is 1.89. The third-order valence-corrected chi connectivity index (χ3v) is 5.78. The lowest BCUT2D eigenvalue weighted by molar-refractivity contribution is -0.112. The highest BCUT2D eigenvalue weighted by Gasteiger charge is 2.28. The molecule has 9 heteroatoms. The summed E-state index contributed by atoms with van der Waals surface area (Å²) in [6, 6.07) is 14.2. The standard InChI is InChI=1S/C22H25N3O5S/c1-4-29-18-11-12-21(30-5-2)20(13-18)23-22(26)19-15-25(31(27,28)24-16(19)3)14-17-9-7-6-8-10-17/h6-13,15H,4-5,14H2,1-3H3,(H,23,26). The molecule has 1 aliphatic heterocycles. The van der Waals surface area contributed by atoms with E-state index < -0.39 is 16.1 Å². The summed E-state index contributed by atoms with van der Waals surface area (Å²) in [7, 11) is -3.92. The molecule has 164 valence electrons. The van der Waals surface area contributed by atoms with Crippen LogP contribution in [0.4, 0.5) is 5.69 Å². The van der Waals surface area contributed by atoms with Gasteiger partial charge in [0.25, 0.3) is 5.91 Å². The zero-order valence-electron chi connectivity index (χ0n) is 17.7. The molecule has 2 aromatic rings. The fraction of sp³-hybridized carbons (Fsp3) is 0.273. The molecule has 8 nitrogen and oxygen atoms in total. The van der Waals surface area contributed by atoms with E-state index in [2.05, 4.69) is 9.71 Å². The minimum Gasteiger partial charge on any atom is -0.494 e. The molecule has 1 amide bonds. The van der Waals surface area contributed by atoms with E-state index in [0.717, 1.165) is 9.87 Å². The number of rotatable bonds is 8. The van der Waals surface area contributed by atoms with Gasteiger partial charge in [-0.1, -0.05) is 30.3 Å². The third kappa shape index (κ3) is 5.43. The molecule has 0 radical (unpaired) electrons. The zero-order chi connectivity index (χ0) is 22.4. The molecule has 31 heavy (non-hydrogen) atoms. The van der Waals surface area contributed by atoms with Crippen LogP contribution in [0, 0.1) is 0 Å². The van der Waals surface area contributed by atoms with Gasteiger partial charge in [0.1, 0.15) is 11.5 Å². The summed E-state index contributed by atoms with van der Waals surface area (Å²) in [6.07, 6.45) is 1.31. The van der Waals surface area contributed by atoms with Crippen LogP contribution in [0.25, 0.3) is 0 Å². The fourth-order valence-electron chi connectivity index (χ4n) is 3.03. The highest BCUT2D eigenvalue weighted by molar-refractivity contribution is 7.88. The SMILES string of the molecule is CCOc1ccc(OCC)c(NC(=O)C2=CN(Cc3ccccc3)S(=O)(=O)N=C2C)c1. The normalized spacial score (nSPS) is 15.0. The van der Waals surface area contributed by atoms with Crippen LogP contribution < -0.4 is 14.8 Å². The third-order valence-electron chi connectivity index (χ3n) is 4.45. The number of anilines is 1. The van der Waals surface area contributed by atoms with E-state index in [1.54, 1.807) is 18.2 Å².